The zero-order valence-corrected chi connectivity index (χ0v) is 13.9. The number of rotatable bonds is 1. The molecule has 1 fully saturated rings. The maximum Gasteiger partial charge on any atom is 0.263 e. The number of nitrogens with zero attached hydrogens (tertiary/aromatic N) is 5. The van der Waals surface area contributed by atoms with Crippen molar-refractivity contribution in [1.29, 1.82) is 0 Å². The third-order valence-electron chi connectivity index (χ3n) is 5.26. The molecule has 1 atom stereocenters. The number of benzene rings is 1. The molecule has 25 heavy (non-hydrogen) atoms. The first-order chi connectivity index (χ1) is 12.3. The summed E-state index contributed by atoms with van der Waals surface area (Å²) < 4.78 is 1.65. The minimum absolute atomic E-state index is 0.0219. The molecule has 0 aliphatic carbocycles. The summed E-state index contributed by atoms with van der Waals surface area (Å²) in [6.45, 7) is 1.79. The summed E-state index contributed by atoms with van der Waals surface area (Å²) in [6, 6.07) is 10.4. The smallest absolute Gasteiger partial charge is 0.263 e. The van der Waals surface area contributed by atoms with Gasteiger partial charge in [-0.1, -0.05) is 12.1 Å². The Labute approximate surface area is 145 Å². The quantitative estimate of drug-likeness (QED) is 0.687. The van der Waals surface area contributed by atoms with E-state index in [4.69, 9.17) is 0 Å². The molecule has 2 aromatic heterocycles. The van der Waals surface area contributed by atoms with E-state index in [0.29, 0.717) is 17.3 Å². The second kappa shape index (κ2) is 5.58. The SMILES string of the molecule is O=C(c1cnn2cccnc12)N1CC2CCCCN2c2ccccc21. The minimum atomic E-state index is -0.0219. The predicted octanol–water partition coefficient (Wildman–Crippen LogP) is 2.75. The molecule has 6 nitrogen and oxygen atoms in total. The second-order valence-electron chi connectivity index (χ2n) is 6.69. The summed E-state index contributed by atoms with van der Waals surface area (Å²) in [6.07, 6.45) is 8.71. The lowest BCUT2D eigenvalue weighted by Gasteiger charge is -2.46. The van der Waals surface area contributed by atoms with Gasteiger partial charge < -0.3 is 9.80 Å². The normalized spacial score (nSPS) is 19.6. The molecular weight excluding hydrogens is 314 g/mol. The van der Waals surface area contributed by atoms with Gasteiger partial charge in [-0.05, 0) is 37.5 Å². The highest BCUT2D eigenvalue weighted by Crippen LogP contribution is 2.39. The topological polar surface area (TPSA) is 53.7 Å². The number of carbonyl (C=O) groups is 1. The first-order valence-corrected chi connectivity index (χ1v) is 8.79. The van der Waals surface area contributed by atoms with Gasteiger partial charge in [0, 0.05) is 31.5 Å². The van der Waals surface area contributed by atoms with Crippen molar-refractivity contribution in [1.82, 2.24) is 14.6 Å². The van der Waals surface area contributed by atoms with Crippen molar-refractivity contribution in [3.8, 4) is 0 Å². The number of aromatic nitrogens is 3. The first-order valence-electron chi connectivity index (χ1n) is 8.79. The van der Waals surface area contributed by atoms with E-state index in [1.807, 2.05) is 29.3 Å². The number of para-hydroxylation sites is 2. The fraction of sp³-hybridized carbons (Fsp3) is 0.316. The van der Waals surface area contributed by atoms with Crippen LogP contribution >= 0.6 is 0 Å². The van der Waals surface area contributed by atoms with Gasteiger partial charge in [0.1, 0.15) is 5.56 Å². The highest BCUT2D eigenvalue weighted by atomic mass is 16.2. The molecular formula is C19H19N5O. The van der Waals surface area contributed by atoms with E-state index in [1.165, 1.54) is 12.8 Å². The van der Waals surface area contributed by atoms with Crippen LogP contribution in [-0.2, 0) is 0 Å². The van der Waals surface area contributed by atoms with Crippen molar-refractivity contribution in [3.05, 3.63) is 54.5 Å². The Kier molecular flexibility index (Phi) is 3.23. The van der Waals surface area contributed by atoms with Gasteiger partial charge in [0.15, 0.2) is 5.65 Å². The van der Waals surface area contributed by atoms with Gasteiger partial charge in [0.25, 0.3) is 5.91 Å². The van der Waals surface area contributed by atoms with Crippen LogP contribution < -0.4 is 9.80 Å². The first kappa shape index (κ1) is 14.5. The Morgan fingerprint density at radius 2 is 2.00 bits per heavy atom. The number of amides is 1. The maximum atomic E-state index is 13.3. The number of anilines is 2. The molecule has 3 aromatic rings. The van der Waals surface area contributed by atoms with Crippen LogP contribution in [0, 0.1) is 0 Å². The minimum Gasteiger partial charge on any atom is -0.365 e. The molecule has 0 N–H and O–H groups in total. The molecule has 0 radical (unpaired) electrons. The van der Waals surface area contributed by atoms with Gasteiger partial charge in [-0.3, -0.25) is 4.79 Å². The standard InChI is InChI=1S/C19H19N5O/c25-19(15-12-21-24-11-5-9-20-18(15)24)23-13-14-6-3-4-10-22(14)16-7-1-2-8-17(16)23/h1-2,5,7-9,11-12,14H,3-4,6,10,13H2. The summed E-state index contributed by atoms with van der Waals surface area (Å²) in [5.41, 5.74) is 3.31. The van der Waals surface area contributed by atoms with Crippen LogP contribution in [0.3, 0.4) is 0 Å². The zero-order chi connectivity index (χ0) is 16.8. The van der Waals surface area contributed by atoms with E-state index >= 15 is 0 Å². The molecule has 0 bridgehead atoms. The fourth-order valence-electron chi connectivity index (χ4n) is 4.07. The van der Waals surface area contributed by atoms with Crippen LogP contribution in [0.1, 0.15) is 29.6 Å². The Balaban J connectivity index is 1.60. The molecule has 126 valence electrons. The van der Waals surface area contributed by atoms with Crippen LogP contribution in [0.5, 0.6) is 0 Å². The van der Waals surface area contributed by atoms with Crippen LogP contribution in [0.4, 0.5) is 11.4 Å². The summed E-state index contributed by atoms with van der Waals surface area (Å²) >= 11 is 0. The molecule has 0 saturated carbocycles. The average molecular weight is 333 g/mol. The van der Waals surface area contributed by atoms with Crippen molar-refractivity contribution >= 4 is 22.9 Å². The molecule has 2 aliphatic rings. The molecule has 5 rings (SSSR count). The third-order valence-corrected chi connectivity index (χ3v) is 5.26. The van der Waals surface area contributed by atoms with Crippen molar-refractivity contribution in [2.75, 3.05) is 22.9 Å². The highest BCUT2D eigenvalue weighted by molar-refractivity contribution is 6.11. The lowest BCUT2D eigenvalue weighted by atomic mass is 9.96. The zero-order valence-electron chi connectivity index (χ0n) is 13.9. The lowest BCUT2D eigenvalue weighted by molar-refractivity contribution is 0.0984. The van der Waals surface area contributed by atoms with Gasteiger partial charge in [0.2, 0.25) is 0 Å². The van der Waals surface area contributed by atoms with Crippen molar-refractivity contribution in [2.24, 2.45) is 0 Å². The monoisotopic (exact) mass is 333 g/mol. The van der Waals surface area contributed by atoms with Crippen molar-refractivity contribution in [2.45, 2.75) is 25.3 Å². The third kappa shape index (κ3) is 2.21. The van der Waals surface area contributed by atoms with Gasteiger partial charge in [0.05, 0.1) is 17.6 Å². The van der Waals surface area contributed by atoms with Crippen LogP contribution in [0.25, 0.3) is 5.65 Å². The van der Waals surface area contributed by atoms with Crippen LogP contribution in [0.2, 0.25) is 0 Å². The van der Waals surface area contributed by atoms with Crippen LogP contribution in [-0.4, -0.2) is 39.6 Å². The van der Waals surface area contributed by atoms with Crippen molar-refractivity contribution < 1.29 is 4.79 Å². The largest absolute Gasteiger partial charge is 0.365 e. The number of fused-ring (bicyclic) bond motifs is 4. The van der Waals surface area contributed by atoms with E-state index in [-0.39, 0.29) is 5.91 Å². The lowest BCUT2D eigenvalue weighted by Crippen LogP contribution is -2.52. The van der Waals surface area contributed by atoms with E-state index in [9.17, 15) is 4.79 Å². The number of piperidine rings is 1. The fourth-order valence-corrected chi connectivity index (χ4v) is 4.07. The van der Waals surface area contributed by atoms with Gasteiger partial charge in [-0.2, -0.15) is 5.10 Å². The molecule has 1 saturated heterocycles. The Hall–Kier alpha value is -2.89. The summed E-state index contributed by atoms with van der Waals surface area (Å²) in [5.74, 6) is -0.0219. The van der Waals surface area contributed by atoms with Gasteiger partial charge in [-0.25, -0.2) is 9.50 Å². The van der Waals surface area contributed by atoms with Gasteiger partial charge in [-0.15, -0.1) is 0 Å². The van der Waals surface area contributed by atoms with E-state index in [0.717, 1.165) is 30.9 Å². The average Bonchev–Trinajstić information content (AvgIpc) is 3.11. The molecule has 1 amide bonds. The highest BCUT2D eigenvalue weighted by Gasteiger charge is 2.35. The summed E-state index contributed by atoms with van der Waals surface area (Å²) in [7, 11) is 0. The van der Waals surface area contributed by atoms with E-state index < -0.39 is 0 Å². The molecule has 2 aliphatic heterocycles. The predicted molar refractivity (Wildman–Crippen MR) is 96.1 cm³/mol. The molecule has 6 heteroatoms. The maximum absolute atomic E-state index is 13.3. The summed E-state index contributed by atoms with van der Waals surface area (Å²) in [4.78, 5) is 22.0. The van der Waals surface area contributed by atoms with E-state index in [1.54, 1.807) is 16.9 Å². The van der Waals surface area contributed by atoms with Gasteiger partial charge >= 0.3 is 0 Å². The van der Waals surface area contributed by atoms with Crippen molar-refractivity contribution in [3.63, 3.8) is 0 Å². The number of carbonyl (C=O) groups excluding carboxylic acids is 1. The second-order valence-corrected chi connectivity index (χ2v) is 6.69. The Morgan fingerprint density at radius 1 is 1.12 bits per heavy atom. The molecule has 0 spiro atoms. The Bertz CT molecular complexity index is 950. The number of hydrogen-bond acceptors (Lipinski definition) is 4. The summed E-state index contributed by atoms with van der Waals surface area (Å²) in [5, 5.41) is 4.27. The molecule has 1 unspecified atom stereocenters. The molecule has 1 aromatic carbocycles. The Morgan fingerprint density at radius 3 is 2.92 bits per heavy atom. The van der Waals surface area contributed by atoms with Crippen LogP contribution in [0.15, 0.2) is 48.9 Å². The molecule has 4 heterocycles. The van der Waals surface area contributed by atoms with E-state index in [2.05, 4.69) is 27.1 Å². The number of hydrogen-bond donors (Lipinski definition) is 0.